The van der Waals surface area contributed by atoms with Gasteiger partial charge in [-0.3, -0.25) is 0 Å². The molecule has 0 aromatic rings. The van der Waals surface area contributed by atoms with Crippen molar-refractivity contribution in [1.82, 2.24) is 0 Å². The summed E-state index contributed by atoms with van der Waals surface area (Å²) in [6.45, 7) is 3.09. The highest BCUT2D eigenvalue weighted by atomic mass is 33.1. The van der Waals surface area contributed by atoms with E-state index in [1.165, 1.54) is 11.1 Å². The maximum atomic E-state index is 5.29. The van der Waals surface area contributed by atoms with Crippen LogP contribution in [0.5, 0.6) is 0 Å². The Kier molecular flexibility index (Phi) is 4.21. The van der Waals surface area contributed by atoms with Crippen LogP contribution < -0.4 is 0 Å². The Morgan fingerprint density at radius 3 is 2.54 bits per heavy atom. The second-order valence-electron chi connectivity index (χ2n) is 2.87. The molecule has 2 atom stereocenters. The molecule has 4 nitrogen and oxygen atoms in total. The highest BCUT2D eigenvalue weighted by Gasteiger charge is 2.23. The molecular weight excluding hydrogens is 212 g/mol. The number of hydrogen-bond acceptors (Lipinski definition) is 6. The minimum atomic E-state index is 0.342. The number of epoxide rings is 2. The van der Waals surface area contributed by atoms with Gasteiger partial charge in [0.2, 0.25) is 0 Å². The lowest BCUT2D eigenvalue weighted by Gasteiger charge is -2.00. The first-order chi connectivity index (χ1) is 6.45. The first-order valence-corrected chi connectivity index (χ1v) is 6.41. The fourth-order valence-electron chi connectivity index (χ4n) is 0.699. The number of hydrogen-bond donors (Lipinski definition) is 0. The average Bonchev–Trinajstić information content (AvgIpc) is 2.99. The van der Waals surface area contributed by atoms with Crippen LogP contribution in [0.3, 0.4) is 0 Å². The van der Waals surface area contributed by atoms with Gasteiger partial charge in [0.15, 0.2) is 0 Å². The summed E-state index contributed by atoms with van der Waals surface area (Å²) in [7, 11) is 1.55. The van der Waals surface area contributed by atoms with Gasteiger partial charge in [0, 0.05) is 0 Å². The Balaban J connectivity index is 1.28. The Morgan fingerprint density at radius 1 is 1.15 bits per heavy atom. The van der Waals surface area contributed by atoms with Crippen molar-refractivity contribution in [3.63, 3.8) is 0 Å². The summed E-state index contributed by atoms with van der Waals surface area (Å²) in [5, 5.41) is 0. The standard InChI is InChI=1S/C7H12O4S2/c1(6-2-9-6)8-5-12-13-11-4-7-3-10-7/h6-7H,1-5H2. The van der Waals surface area contributed by atoms with Crippen LogP contribution in [0.25, 0.3) is 0 Å². The third kappa shape index (κ3) is 5.09. The predicted molar refractivity (Wildman–Crippen MR) is 51.4 cm³/mol. The van der Waals surface area contributed by atoms with Gasteiger partial charge in [-0.2, -0.15) is 0 Å². The van der Waals surface area contributed by atoms with Crippen molar-refractivity contribution in [3.05, 3.63) is 0 Å². The molecule has 2 aliphatic rings. The first kappa shape index (κ1) is 10.1. The summed E-state index contributed by atoms with van der Waals surface area (Å²) in [5.41, 5.74) is 0. The Bertz CT molecular complexity index is 133. The van der Waals surface area contributed by atoms with Crippen LogP contribution in [0, 0.1) is 0 Å². The summed E-state index contributed by atoms with van der Waals surface area (Å²) >= 11 is 1.36. The summed E-state index contributed by atoms with van der Waals surface area (Å²) in [6, 6.07) is 0. The van der Waals surface area contributed by atoms with Crippen LogP contribution in [0.4, 0.5) is 0 Å². The van der Waals surface area contributed by atoms with Gasteiger partial charge in [-0.1, -0.05) is 0 Å². The van der Waals surface area contributed by atoms with Gasteiger partial charge < -0.3 is 18.4 Å². The molecule has 6 heteroatoms. The monoisotopic (exact) mass is 224 g/mol. The van der Waals surface area contributed by atoms with Gasteiger partial charge in [-0.25, -0.2) is 0 Å². The predicted octanol–water partition coefficient (Wildman–Crippen LogP) is 1.07. The molecule has 2 fully saturated rings. The van der Waals surface area contributed by atoms with Crippen LogP contribution in [-0.2, 0) is 18.4 Å². The Morgan fingerprint density at radius 2 is 1.85 bits per heavy atom. The van der Waals surface area contributed by atoms with E-state index < -0.39 is 0 Å². The molecule has 2 aliphatic heterocycles. The third-order valence-electron chi connectivity index (χ3n) is 1.59. The molecule has 2 rings (SSSR count). The normalized spacial score (nSPS) is 30.5. The maximum Gasteiger partial charge on any atom is 0.106 e. The summed E-state index contributed by atoms with van der Waals surface area (Å²) in [6.07, 6.45) is 0.695. The lowest BCUT2D eigenvalue weighted by molar-refractivity contribution is 0.159. The number of rotatable bonds is 8. The van der Waals surface area contributed by atoms with E-state index in [1.54, 1.807) is 10.8 Å². The van der Waals surface area contributed by atoms with Crippen LogP contribution in [0.15, 0.2) is 0 Å². The molecule has 13 heavy (non-hydrogen) atoms. The van der Waals surface area contributed by atoms with Gasteiger partial charge >= 0.3 is 0 Å². The van der Waals surface area contributed by atoms with Gasteiger partial charge in [0.25, 0.3) is 0 Å². The van der Waals surface area contributed by atoms with Crippen LogP contribution >= 0.6 is 21.9 Å². The molecule has 0 radical (unpaired) electrons. The van der Waals surface area contributed by atoms with E-state index in [9.17, 15) is 0 Å². The molecule has 0 spiro atoms. The Hall–Kier alpha value is 0.540. The average molecular weight is 224 g/mol. The van der Waals surface area contributed by atoms with Crippen LogP contribution in [0.1, 0.15) is 0 Å². The highest BCUT2D eigenvalue weighted by molar-refractivity contribution is 8.74. The van der Waals surface area contributed by atoms with E-state index in [4.69, 9.17) is 18.4 Å². The second kappa shape index (κ2) is 5.43. The fraction of sp³-hybridized carbons (Fsp3) is 1.00. The molecule has 0 saturated carbocycles. The summed E-state index contributed by atoms with van der Waals surface area (Å²) in [5.74, 6) is 0.649. The van der Waals surface area contributed by atoms with Gasteiger partial charge in [-0.05, 0) is 10.8 Å². The van der Waals surface area contributed by atoms with E-state index >= 15 is 0 Å². The minimum Gasteiger partial charge on any atom is -0.371 e. The molecular formula is C7H12O4S2. The fourth-order valence-corrected chi connectivity index (χ4v) is 1.87. The van der Waals surface area contributed by atoms with E-state index in [-0.39, 0.29) is 0 Å². The molecule has 2 heterocycles. The van der Waals surface area contributed by atoms with Crippen molar-refractivity contribution in [1.29, 1.82) is 0 Å². The van der Waals surface area contributed by atoms with Crippen molar-refractivity contribution in [2.45, 2.75) is 12.2 Å². The number of ether oxygens (including phenoxy) is 3. The summed E-state index contributed by atoms with van der Waals surface area (Å²) < 4.78 is 20.5. The summed E-state index contributed by atoms with van der Waals surface area (Å²) in [4.78, 5) is 0. The molecule has 0 aliphatic carbocycles. The van der Waals surface area contributed by atoms with Gasteiger partial charge in [-0.15, -0.1) is 0 Å². The molecule has 0 bridgehead atoms. The SMILES string of the molecule is C(OCC1CO1)SSOCC1CO1. The van der Waals surface area contributed by atoms with E-state index in [2.05, 4.69) is 0 Å². The molecule has 0 N–H and O–H groups in total. The molecule has 0 amide bonds. The Labute approximate surface area is 85.2 Å². The van der Waals surface area contributed by atoms with Crippen molar-refractivity contribution < 1.29 is 18.4 Å². The van der Waals surface area contributed by atoms with Crippen molar-refractivity contribution >= 4 is 21.9 Å². The molecule has 0 aromatic carbocycles. The lowest BCUT2D eigenvalue weighted by atomic mass is 10.5. The molecule has 2 unspecified atom stereocenters. The molecule has 0 aromatic heterocycles. The molecule has 2 saturated heterocycles. The highest BCUT2D eigenvalue weighted by Crippen LogP contribution is 2.24. The smallest absolute Gasteiger partial charge is 0.106 e. The van der Waals surface area contributed by atoms with E-state index in [0.717, 1.165) is 13.2 Å². The topological polar surface area (TPSA) is 43.5 Å². The minimum absolute atomic E-state index is 0.342. The third-order valence-corrected chi connectivity index (χ3v) is 3.05. The van der Waals surface area contributed by atoms with Gasteiger partial charge in [0.1, 0.15) is 18.1 Å². The largest absolute Gasteiger partial charge is 0.371 e. The van der Waals surface area contributed by atoms with E-state index in [1.807, 2.05) is 0 Å². The zero-order chi connectivity index (χ0) is 8.93. The van der Waals surface area contributed by atoms with E-state index in [0.29, 0.717) is 31.4 Å². The van der Waals surface area contributed by atoms with Crippen LogP contribution in [-0.4, -0.2) is 44.6 Å². The maximum absolute atomic E-state index is 5.29. The van der Waals surface area contributed by atoms with Crippen molar-refractivity contribution in [2.24, 2.45) is 0 Å². The zero-order valence-electron chi connectivity index (χ0n) is 7.14. The van der Waals surface area contributed by atoms with Crippen LogP contribution in [0.2, 0.25) is 0 Å². The van der Waals surface area contributed by atoms with Crippen molar-refractivity contribution in [3.8, 4) is 0 Å². The molecule has 76 valence electrons. The van der Waals surface area contributed by atoms with Gasteiger partial charge in [0.05, 0.1) is 37.5 Å². The second-order valence-corrected chi connectivity index (χ2v) is 4.83. The lowest BCUT2D eigenvalue weighted by Crippen LogP contribution is -2.00. The zero-order valence-corrected chi connectivity index (χ0v) is 8.77. The first-order valence-electron chi connectivity index (χ1n) is 4.17. The van der Waals surface area contributed by atoms with Crippen molar-refractivity contribution in [2.75, 3.05) is 32.4 Å². The quantitative estimate of drug-likeness (QED) is 0.202.